The van der Waals surface area contributed by atoms with E-state index >= 15 is 0 Å². The Hall–Kier alpha value is -0.610. The van der Waals surface area contributed by atoms with Crippen molar-refractivity contribution in [2.45, 2.75) is 78.8 Å². The van der Waals surface area contributed by atoms with Gasteiger partial charge in [-0.05, 0) is 51.6 Å². The molecule has 0 fully saturated rings. The van der Waals surface area contributed by atoms with Crippen molar-refractivity contribution in [1.82, 2.24) is 10.2 Å². The van der Waals surface area contributed by atoms with Crippen LogP contribution >= 0.6 is 0 Å². The van der Waals surface area contributed by atoms with Gasteiger partial charge < -0.3 is 16.0 Å². The smallest absolute Gasteiger partial charge is 0.237 e. The zero-order chi connectivity index (χ0) is 16.5. The second-order valence-electron chi connectivity index (χ2n) is 6.69. The number of primary amides is 1. The van der Waals surface area contributed by atoms with Crippen molar-refractivity contribution in [1.29, 1.82) is 0 Å². The SMILES string of the molecule is CCNC(C)(CCCN(CC(C)C)C(CC)CC)C(N)=O. The third kappa shape index (κ3) is 7.28. The molecule has 0 spiro atoms. The molecular weight excluding hydrogens is 262 g/mol. The van der Waals surface area contributed by atoms with Gasteiger partial charge in [-0.15, -0.1) is 0 Å². The Kier molecular flexibility index (Phi) is 9.88. The number of carbonyl (C=O) groups excluding carboxylic acids is 1. The van der Waals surface area contributed by atoms with E-state index in [4.69, 9.17) is 5.73 Å². The van der Waals surface area contributed by atoms with E-state index in [0.29, 0.717) is 12.0 Å². The molecule has 1 amide bonds. The summed E-state index contributed by atoms with van der Waals surface area (Å²) in [5.74, 6) is 0.421. The van der Waals surface area contributed by atoms with Crippen LogP contribution in [0.2, 0.25) is 0 Å². The van der Waals surface area contributed by atoms with Gasteiger partial charge >= 0.3 is 0 Å². The molecule has 0 aliphatic heterocycles. The Morgan fingerprint density at radius 1 is 1.24 bits per heavy atom. The number of nitrogens with zero attached hydrogens (tertiary/aromatic N) is 1. The largest absolute Gasteiger partial charge is 0.368 e. The maximum Gasteiger partial charge on any atom is 0.237 e. The van der Waals surface area contributed by atoms with Gasteiger partial charge in [-0.2, -0.15) is 0 Å². The first-order chi connectivity index (χ1) is 9.80. The lowest BCUT2D eigenvalue weighted by atomic mass is 9.94. The maximum absolute atomic E-state index is 11.7. The van der Waals surface area contributed by atoms with E-state index in [9.17, 15) is 4.79 Å². The van der Waals surface area contributed by atoms with Crippen molar-refractivity contribution < 1.29 is 4.79 Å². The predicted molar refractivity (Wildman–Crippen MR) is 91.3 cm³/mol. The highest BCUT2D eigenvalue weighted by Crippen LogP contribution is 2.16. The quantitative estimate of drug-likeness (QED) is 0.582. The van der Waals surface area contributed by atoms with Crippen LogP contribution in [0.4, 0.5) is 0 Å². The van der Waals surface area contributed by atoms with Crippen molar-refractivity contribution in [2.24, 2.45) is 11.7 Å². The topological polar surface area (TPSA) is 58.4 Å². The first-order valence-corrected chi connectivity index (χ1v) is 8.59. The van der Waals surface area contributed by atoms with Crippen LogP contribution in [-0.2, 0) is 4.79 Å². The third-order valence-electron chi connectivity index (χ3n) is 4.29. The van der Waals surface area contributed by atoms with E-state index < -0.39 is 5.54 Å². The third-order valence-corrected chi connectivity index (χ3v) is 4.29. The molecule has 0 aliphatic carbocycles. The highest BCUT2D eigenvalue weighted by molar-refractivity contribution is 5.84. The lowest BCUT2D eigenvalue weighted by molar-refractivity contribution is -0.124. The van der Waals surface area contributed by atoms with Crippen molar-refractivity contribution >= 4 is 5.91 Å². The van der Waals surface area contributed by atoms with E-state index in [2.05, 4.69) is 37.9 Å². The van der Waals surface area contributed by atoms with Gasteiger partial charge in [-0.25, -0.2) is 0 Å². The van der Waals surface area contributed by atoms with Gasteiger partial charge in [0.1, 0.15) is 0 Å². The monoisotopic (exact) mass is 299 g/mol. The molecule has 1 unspecified atom stereocenters. The minimum Gasteiger partial charge on any atom is -0.368 e. The molecule has 0 aromatic carbocycles. The molecule has 0 aromatic rings. The second-order valence-corrected chi connectivity index (χ2v) is 6.69. The summed E-state index contributed by atoms with van der Waals surface area (Å²) in [4.78, 5) is 14.2. The summed E-state index contributed by atoms with van der Waals surface area (Å²) in [5, 5.41) is 3.24. The highest BCUT2D eigenvalue weighted by atomic mass is 16.1. The Bertz CT molecular complexity index is 290. The molecule has 0 aromatic heterocycles. The van der Waals surface area contributed by atoms with Crippen LogP contribution in [0.15, 0.2) is 0 Å². The number of hydrogen-bond donors (Lipinski definition) is 2. The standard InChI is InChI=1S/C17H37N3O/c1-7-15(8-2)20(13-14(4)5)12-10-11-17(6,16(18)21)19-9-3/h14-15,19H,7-13H2,1-6H3,(H2,18,21). The Morgan fingerprint density at radius 2 is 1.81 bits per heavy atom. The van der Waals surface area contributed by atoms with Crippen molar-refractivity contribution in [3.05, 3.63) is 0 Å². The van der Waals surface area contributed by atoms with Gasteiger partial charge in [0.25, 0.3) is 0 Å². The number of nitrogens with two attached hydrogens (primary N) is 1. The molecule has 0 radical (unpaired) electrons. The fraction of sp³-hybridized carbons (Fsp3) is 0.941. The number of carbonyl (C=O) groups is 1. The molecule has 3 N–H and O–H groups in total. The Labute approximate surface area is 131 Å². The van der Waals surface area contributed by atoms with E-state index in [0.717, 1.165) is 32.5 Å². The molecule has 0 rings (SSSR count). The maximum atomic E-state index is 11.7. The van der Waals surface area contributed by atoms with E-state index in [-0.39, 0.29) is 5.91 Å². The molecule has 1 atom stereocenters. The minimum absolute atomic E-state index is 0.248. The van der Waals surface area contributed by atoms with E-state index in [1.165, 1.54) is 12.8 Å². The molecule has 4 heteroatoms. The first kappa shape index (κ1) is 20.4. The number of likely N-dealkylation sites (N-methyl/N-ethyl adjacent to an activating group) is 1. The molecule has 21 heavy (non-hydrogen) atoms. The fourth-order valence-electron chi connectivity index (χ4n) is 3.02. The number of rotatable bonds is 12. The zero-order valence-electron chi connectivity index (χ0n) is 15.0. The van der Waals surface area contributed by atoms with Gasteiger partial charge in [-0.1, -0.05) is 34.6 Å². The van der Waals surface area contributed by atoms with E-state index in [1.54, 1.807) is 0 Å². The minimum atomic E-state index is -0.577. The van der Waals surface area contributed by atoms with Crippen LogP contribution in [0.3, 0.4) is 0 Å². The molecular formula is C17H37N3O. The summed E-state index contributed by atoms with van der Waals surface area (Å²) in [7, 11) is 0. The van der Waals surface area contributed by atoms with Gasteiger partial charge in [0.2, 0.25) is 5.91 Å². The normalized spacial score (nSPS) is 14.9. The molecule has 0 aliphatic rings. The number of hydrogen-bond acceptors (Lipinski definition) is 3. The molecule has 126 valence electrons. The van der Waals surface area contributed by atoms with Crippen LogP contribution in [-0.4, -0.2) is 42.0 Å². The van der Waals surface area contributed by atoms with Gasteiger partial charge in [0.05, 0.1) is 5.54 Å². The predicted octanol–water partition coefficient (Wildman–Crippen LogP) is 2.77. The van der Waals surface area contributed by atoms with Crippen LogP contribution in [0.5, 0.6) is 0 Å². The number of nitrogens with one attached hydrogen (secondary N) is 1. The molecule has 0 bridgehead atoms. The second kappa shape index (κ2) is 10.2. The molecule has 0 saturated carbocycles. The average molecular weight is 300 g/mol. The van der Waals surface area contributed by atoms with E-state index in [1.807, 2.05) is 13.8 Å². The number of amides is 1. The Balaban J connectivity index is 4.56. The highest BCUT2D eigenvalue weighted by Gasteiger charge is 2.29. The zero-order valence-corrected chi connectivity index (χ0v) is 15.0. The Morgan fingerprint density at radius 3 is 2.19 bits per heavy atom. The molecule has 0 heterocycles. The van der Waals surface area contributed by atoms with Crippen LogP contribution in [0.25, 0.3) is 0 Å². The van der Waals surface area contributed by atoms with Crippen LogP contribution in [0.1, 0.15) is 67.2 Å². The fourth-order valence-corrected chi connectivity index (χ4v) is 3.02. The summed E-state index contributed by atoms with van der Waals surface area (Å²) in [6, 6.07) is 0.645. The summed E-state index contributed by atoms with van der Waals surface area (Å²) >= 11 is 0. The van der Waals surface area contributed by atoms with Gasteiger partial charge in [0, 0.05) is 12.6 Å². The first-order valence-electron chi connectivity index (χ1n) is 8.59. The molecule has 0 saturated heterocycles. The van der Waals surface area contributed by atoms with Gasteiger partial charge in [0.15, 0.2) is 0 Å². The van der Waals surface area contributed by atoms with Gasteiger partial charge in [-0.3, -0.25) is 4.79 Å². The average Bonchev–Trinajstić information content (AvgIpc) is 2.39. The summed E-state index contributed by atoms with van der Waals surface area (Å²) in [6.45, 7) is 15.9. The van der Waals surface area contributed by atoms with Crippen molar-refractivity contribution in [2.75, 3.05) is 19.6 Å². The van der Waals surface area contributed by atoms with Crippen LogP contribution in [0, 0.1) is 5.92 Å². The lowest BCUT2D eigenvalue weighted by Crippen LogP contribution is -2.53. The van der Waals surface area contributed by atoms with Crippen LogP contribution < -0.4 is 11.1 Å². The summed E-state index contributed by atoms with van der Waals surface area (Å²) in [6.07, 6.45) is 4.16. The lowest BCUT2D eigenvalue weighted by Gasteiger charge is -2.33. The summed E-state index contributed by atoms with van der Waals surface area (Å²) in [5.41, 5.74) is 4.97. The summed E-state index contributed by atoms with van der Waals surface area (Å²) < 4.78 is 0. The molecule has 4 nitrogen and oxygen atoms in total. The van der Waals surface area contributed by atoms with Crippen molar-refractivity contribution in [3.8, 4) is 0 Å². The van der Waals surface area contributed by atoms with Crippen molar-refractivity contribution in [3.63, 3.8) is 0 Å².